The maximum absolute atomic E-state index is 13.4. The molecule has 1 aromatic heterocycles. The van der Waals surface area contributed by atoms with Crippen LogP contribution in [0.4, 0.5) is 0 Å². The number of ether oxygens (including phenoxy) is 1. The number of sulfonamides is 1. The van der Waals surface area contributed by atoms with Crippen LogP contribution in [-0.4, -0.2) is 82.1 Å². The minimum Gasteiger partial charge on any atom is -0.492 e. The molecule has 2 aromatic rings. The van der Waals surface area contributed by atoms with Gasteiger partial charge in [-0.3, -0.25) is 9.69 Å². The van der Waals surface area contributed by atoms with Gasteiger partial charge in [0.05, 0.1) is 18.4 Å². The van der Waals surface area contributed by atoms with Crippen LogP contribution >= 0.6 is 11.5 Å². The summed E-state index contributed by atoms with van der Waals surface area (Å²) in [6, 6.07) is 5.54. The molecule has 178 valence electrons. The second kappa shape index (κ2) is 8.91. The molecule has 0 bridgehead atoms. The highest BCUT2D eigenvalue weighted by molar-refractivity contribution is 7.89. The molecule has 3 aliphatic heterocycles. The zero-order valence-corrected chi connectivity index (χ0v) is 19.7. The summed E-state index contributed by atoms with van der Waals surface area (Å²) in [5.41, 5.74) is 0.430. The van der Waals surface area contributed by atoms with Crippen LogP contribution in [0.25, 0.3) is 0 Å². The first kappa shape index (κ1) is 22.7. The zero-order valence-electron chi connectivity index (χ0n) is 18.1. The zero-order chi connectivity index (χ0) is 23.1. The third-order valence-electron chi connectivity index (χ3n) is 6.80. The van der Waals surface area contributed by atoms with Gasteiger partial charge >= 0.3 is 0 Å². The van der Waals surface area contributed by atoms with E-state index < -0.39 is 27.7 Å². The molecule has 3 aliphatic rings. The van der Waals surface area contributed by atoms with Crippen LogP contribution in [0.1, 0.15) is 31.4 Å². The van der Waals surface area contributed by atoms with E-state index in [1.54, 1.807) is 18.2 Å². The largest absolute Gasteiger partial charge is 0.492 e. The molecule has 2 atom stereocenters. The third-order valence-corrected chi connectivity index (χ3v) is 9.27. The number of hydrogen-bond donors (Lipinski definition) is 2. The Bertz CT molecular complexity index is 1100. The lowest BCUT2D eigenvalue weighted by molar-refractivity contribution is -0.127. The number of nitrogens with one attached hydrogen (secondary N) is 1. The van der Waals surface area contributed by atoms with Crippen LogP contribution in [-0.2, 0) is 21.4 Å². The number of amides is 1. The van der Waals surface area contributed by atoms with Gasteiger partial charge in [-0.25, -0.2) is 8.42 Å². The van der Waals surface area contributed by atoms with Crippen molar-refractivity contribution in [1.29, 1.82) is 0 Å². The highest BCUT2D eigenvalue weighted by Crippen LogP contribution is 2.35. The van der Waals surface area contributed by atoms with Crippen molar-refractivity contribution < 1.29 is 23.1 Å². The van der Waals surface area contributed by atoms with E-state index >= 15 is 0 Å². The number of likely N-dealkylation sites (tertiary alicyclic amines) is 1. The summed E-state index contributed by atoms with van der Waals surface area (Å²) in [7, 11) is -4.01. The lowest BCUT2D eigenvalue weighted by Gasteiger charge is -2.43. The van der Waals surface area contributed by atoms with E-state index in [9.17, 15) is 18.3 Å². The lowest BCUT2D eigenvalue weighted by Crippen LogP contribution is -2.59. The number of piperidine rings is 1. The number of fused-ring (bicyclic) bond motifs is 2. The lowest BCUT2D eigenvalue weighted by atomic mass is 9.84. The van der Waals surface area contributed by atoms with Crippen molar-refractivity contribution in [3.63, 3.8) is 0 Å². The Balaban J connectivity index is 1.41. The number of hydrogen-bond acceptors (Lipinski definition) is 9. The minimum atomic E-state index is -4.01. The Morgan fingerprint density at radius 3 is 2.79 bits per heavy atom. The predicted molar refractivity (Wildman–Crippen MR) is 120 cm³/mol. The number of para-hydroxylation sites is 1. The molecule has 2 N–H and O–H groups in total. The number of aromatic nitrogens is 2. The number of aliphatic hydroxyl groups is 1. The molecule has 10 nitrogen and oxygen atoms in total. The van der Waals surface area contributed by atoms with Gasteiger partial charge in [0.1, 0.15) is 16.7 Å². The molecule has 5 rings (SSSR count). The summed E-state index contributed by atoms with van der Waals surface area (Å²) in [6.07, 6.45) is 1.17. The highest BCUT2D eigenvalue weighted by atomic mass is 32.2. The molecule has 0 aliphatic carbocycles. The number of nitrogens with zero attached hydrogens (tertiary/aromatic N) is 4. The molecule has 2 saturated heterocycles. The van der Waals surface area contributed by atoms with Crippen molar-refractivity contribution in [2.75, 3.05) is 26.2 Å². The van der Waals surface area contributed by atoms with E-state index in [0.717, 1.165) is 23.1 Å². The highest BCUT2D eigenvalue weighted by Gasteiger charge is 2.47. The first-order chi connectivity index (χ1) is 15.9. The summed E-state index contributed by atoms with van der Waals surface area (Å²) < 4.78 is 37.8. The average molecular weight is 494 g/mol. The van der Waals surface area contributed by atoms with Crippen molar-refractivity contribution in [3.05, 3.63) is 35.3 Å². The number of aliphatic hydroxyl groups excluding tert-OH is 1. The molecule has 1 aromatic carbocycles. The normalized spacial score (nSPS) is 27.7. The first-order valence-corrected chi connectivity index (χ1v) is 13.4. The van der Waals surface area contributed by atoms with Gasteiger partial charge in [-0.05, 0) is 36.5 Å². The summed E-state index contributed by atoms with van der Waals surface area (Å²) in [5.74, 6) is -0.0812. The fraction of sp³-hybridized carbons (Fsp3) is 0.571. The van der Waals surface area contributed by atoms with E-state index in [1.807, 2.05) is 5.38 Å². The monoisotopic (exact) mass is 493 g/mol. The molecule has 12 heteroatoms. The van der Waals surface area contributed by atoms with E-state index in [1.165, 1.54) is 17.6 Å². The van der Waals surface area contributed by atoms with Crippen LogP contribution in [0.3, 0.4) is 0 Å². The number of rotatable bonds is 2. The summed E-state index contributed by atoms with van der Waals surface area (Å²) in [6.45, 7) is 2.42. The third kappa shape index (κ3) is 4.50. The average Bonchev–Trinajstić information content (AvgIpc) is 3.45. The van der Waals surface area contributed by atoms with Crippen molar-refractivity contribution >= 4 is 27.5 Å². The van der Waals surface area contributed by atoms with Crippen LogP contribution < -0.4 is 10.1 Å². The van der Waals surface area contributed by atoms with Crippen molar-refractivity contribution in [2.24, 2.45) is 0 Å². The van der Waals surface area contributed by atoms with Gasteiger partial charge in [-0.15, -0.1) is 5.10 Å². The van der Waals surface area contributed by atoms with Crippen LogP contribution in [0.5, 0.6) is 5.75 Å². The molecule has 1 amide bonds. The van der Waals surface area contributed by atoms with Gasteiger partial charge in [0, 0.05) is 49.9 Å². The first-order valence-electron chi connectivity index (χ1n) is 11.1. The number of benzene rings is 1. The SMILES string of the molecule is O=C1NC2(CCOc3ccccc3S(=O)(=O)N3C[C@H](O)C[C@@H]13)CCN(Cc1csnn1)CC2. The molecule has 0 radical (unpaired) electrons. The van der Waals surface area contributed by atoms with Crippen LogP contribution in [0, 0.1) is 0 Å². The van der Waals surface area contributed by atoms with Crippen molar-refractivity contribution in [3.8, 4) is 5.75 Å². The molecule has 33 heavy (non-hydrogen) atoms. The topological polar surface area (TPSA) is 125 Å². The maximum Gasteiger partial charge on any atom is 0.247 e. The van der Waals surface area contributed by atoms with Crippen LogP contribution in [0.15, 0.2) is 34.5 Å². The van der Waals surface area contributed by atoms with E-state index in [2.05, 4.69) is 19.8 Å². The Morgan fingerprint density at radius 1 is 1.24 bits per heavy atom. The van der Waals surface area contributed by atoms with Gasteiger partial charge in [0.2, 0.25) is 15.9 Å². The van der Waals surface area contributed by atoms with Gasteiger partial charge in [-0.2, -0.15) is 4.31 Å². The Labute approximate surface area is 196 Å². The minimum absolute atomic E-state index is 0.0274. The number of carbonyl (C=O) groups excluding carboxylic acids is 1. The maximum atomic E-state index is 13.4. The van der Waals surface area contributed by atoms with Crippen molar-refractivity contribution in [1.82, 2.24) is 24.1 Å². The second-order valence-corrected chi connectivity index (χ2v) is 11.4. The van der Waals surface area contributed by atoms with E-state index in [-0.39, 0.29) is 36.1 Å². The fourth-order valence-corrected chi connectivity index (χ4v) is 7.17. The van der Waals surface area contributed by atoms with Gasteiger partial charge in [0.15, 0.2) is 0 Å². The standard InChI is InChI=1S/C21H27N5O5S2/c27-16-11-17-20(28)22-21(5-8-25(9-6-21)12-15-14-32-24-23-15)7-10-31-18-3-1-2-4-19(18)33(29,30)26(17)13-16/h1-4,14,16-17,27H,5-13H2,(H,22,28)/t16-,17+/m1/s1. The van der Waals surface area contributed by atoms with E-state index in [0.29, 0.717) is 25.8 Å². The molecule has 2 fully saturated rings. The second-order valence-electron chi connectivity index (χ2n) is 8.97. The molecular weight excluding hydrogens is 466 g/mol. The number of carbonyl (C=O) groups is 1. The molecule has 0 saturated carbocycles. The molecule has 1 spiro atoms. The summed E-state index contributed by atoms with van der Waals surface area (Å²) in [4.78, 5) is 15.7. The van der Waals surface area contributed by atoms with E-state index in [4.69, 9.17) is 4.74 Å². The molecule has 4 heterocycles. The van der Waals surface area contributed by atoms with Gasteiger partial charge < -0.3 is 15.2 Å². The summed E-state index contributed by atoms with van der Waals surface area (Å²) in [5, 5.41) is 19.5. The molecule has 0 unspecified atom stereocenters. The van der Waals surface area contributed by atoms with Gasteiger partial charge in [-0.1, -0.05) is 16.6 Å². The van der Waals surface area contributed by atoms with Crippen molar-refractivity contribution in [2.45, 2.75) is 54.8 Å². The summed E-state index contributed by atoms with van der Waals surface area (Å²) >= 11 is 1.33. The van der Waals surface area contributed by atoms with Crippen LogP contribution in [0.2, 0.25) is 0 Å². The quantitative estimate of drug-likeness (QED) is 0.623. The Kier molecular flexibility index (Phi) is 6.12. The predicted octanol–water partition coefficient (Wildman–Crippen LogP) is 0.595. The smallest absolute Gasteiger partial charge is 0.247 e. The van der Waals surface area contributed by atoms with Gasteiger partial charge in [0.25, 0.3) is 0 Å². The Morgan fingerprint density at radius 2 is 2.03 bits per heavy atom. The fourth-order valence-electron chi connectivity index (χ4n) is 4.96. The Hall–Kier alpha value is -2.12. The molecular formula is C21H27N5O5S2.